The third kappa shape index (κ3) is 2.17. The van der Waals surface area contributed by atoms with Gasteiger partial charge in [0.1, 0.15) is 0 Å². The molecular formula is C16H14ClN3OS. The van der Waals surface area contributed by atoms with Crippen molar-refractivity contribution in [1.82, 2.24) is 10.1 Å². The first-order valence-electron chi connectivity index (χ1n) is 7.08. The molecule has 1 aliphatic rings. The summed E-state index contributed by atoms with van der Waals surface area (Å²) in [7, 11) is 0. The summed E-state index contributed by atoms with van der Waals surface area (Å²) in [5, 5.41) is 4.12. The first-order valence-corrected chi connectivity index (χ1v) is 8.28. The first kappa shape index (κ1) is 13.9. The topological polar surface area (TPSA) is 64.9 Å². The van der Waals surface area contributed by atoms with Crippen LogP contribution in [0, 0.1) is 0 Å². The summed E-state index contributed by atoms with van der Waals surface area (Å²) >= 11 is 7.42. The fourth-order valence-electron chi connectivity index (χ4n) is 3.08. The van der Waals surface area contributed by atoms with Crippen LogP contribution in [-0.4, -0.2) is 16.2 Å². The molecule has 3 aromatic rings. The zero-order valence-electron chi connectivity index (χ0n) is 11.7. The Kier molecular flexibility index (Phi) is 3.29. The molecule has 4 nitrogen and oxygen atoms in total. The molecule has 6 heteroatoms. The van der Waals surface area contributed by atoms with Crippen LogP contribution in [0.1, 0.15) is 24.3 Å². The van der Waals surface area contributed by atoms with Crippen molar-refractivity contribution >= 4 is 22.9 Å². The van der Waals surface area contributed by atoms with Crippen LogP contribution in [0.15, 0.2) is 47.0 Å². The lowest BCUT2D eigenvalue weighted by Crippen LogP contribution is -2.50. The molecule has 0 saturated heterocycles. The third-order valence-corrected chi connectivity index (χ3v) is 5.40. The fourth-order valence-corrected chi connectivity index (χ4v) is 4.05. The predicted octanol–water partition coefficient (Wildman–Crippen LogP) is 3.86. The Morgan fingerprint density at radius 1 is 1.18 bits per heavy atom. The van der Waals surface area contributed by atoms with Crippen LogP contribution >= 0.6 is 22.9 Å². The maximum Gasteiger partial charge on any atom is 0.237 e. The Labute approximate surface area is 136 Å². The smallest absolute Gasteiger partial charge is 0.237 e. The Bertz CT molecular complexity index is 793. The molecule has 0 unspecified atom stereocenters. The quantitative estimate of drug-likeness (QED) is 0.791. The molecule has 0 spiro atoms. The van der Waals surface area contributed by atoms with Crippen LogP contribution in [-0.2, 0) is 5.41 Å². The highest BCUT2D eigenvalue weighted by atomic mass is 35.5. The van der Waals surface area contributed by atoms with Crippen LogP contribution in [0.25, 0.3) is 10.7 Å². The van der Waals surface area contributed by atoms with E-state index in [4.69, 9.17) is 21.9 Å². The van der Waals surface area contributed by atoms with E-state index in [1.54, 1.807) is 0 Å². The van der Waals surface area contributed by atoms with E-state index in [0.717, 1.165) is 17.7 Å². The summed E-state index contributed by atoms with van der Waals surface area (Å²) in [6, 6.07) is 14.2. The number of nitrogens with zero attached hydrogens (tertiary/aromatic N) is 2. The van der Waals surface area contributed by atoms with Gasteiger partial charge in [-0.15, -0.1) is 11.3 Å². The molecule has 2 heterocycles. The molecule has 1 saturated carbocycles. The summed E-state index contributed by atoms with van der Waals surface area (Å²) in [6.45, 7) is 0. The van der Waals surface area contributed by atoms with Crippen molar-refractivity contribution in [2.75, 3.05) is 0 Å². The van der Waals surface area contributed by atoms with E-state index >= 15 is 0 Å². The summed E-state index contributed by atoms with van der Waals surface area (Å²) in [5.41, 5.74) is 6.96. The summed E-state index contributed by atoms with van der Waals surface area (Å²) in [5.74, 6) is 1.22. The minimum atomic E-state index is -0.257. The van der Waals surface area contributed by atoms with Gasteiger partial charge in [-0.1, -0.05) is 47.1 Å². The van der Waals surface area contributed by atoms with E-state index in [1.807, 2.05) is 30.3 Å². The highest BCUT2D eigenvalue weighted by molar-refractivity contribution is 7.19. The normalized spacial score (nSPS) is 24.2. The SMILES string of the molecule is NC1CC(c2ccccc2)(c2nc(-c3ccc(Cl)s3)no2)C1. The van der Waals surface area contributed by atoms with Gasteiger partial charge in [-0.3, -0.25) is 0 Å². The van der Waals surface area contributed by atoms with Gasteiger partial charge in [-0.25, -0.2) is 0 Å². The van der Waals surface area contributed by atoms with Gasteiger partial charge in [0.05, 0.1) is 14.6 Å². The fraction of sp³-hybridized carbons (Fsp3) is 0.250. The largest absolute Gasteiger partial charge is 0.338 e. The Hall–Kier alpha value is -1.69. The number of halogens is 1. The molecular weight excluding hydrogens is 318 g/mol. The number of aromatic nitrogens is 2. The summed E-state index contributed by atoms with van der Waals surface area (Å²) in [6.07, 6.45) is 1.65. The second-order valence-corrected chi connectivity index (χ2v) is 7.36. The van der Waals surface area contributed by atoms with Crippen molar-refractivity contribution in [1.29, 1.82) is 0 Å². The van der Waals surface area contributed by atoms with Gasteiger partial charge in [-0.05, 0) is 30.5 Å². The number of thiophene rings is 1. The van der Waals surface area contributed by atoms with Gasteiger partial charge in [0, 0.05) is 6.04 Å². The number of hydrogen-bond donors (Lipinski definition) is 1. The van der Waals surface area contributed by atoms with Crippen molar-refractivity contribution in [3.05, 3.63) is 58.3 Å². The van der Waals surface area contributed by atoms with Crippen molar-refractivity contribution in [2.24, 2.45) is 5.73 Å². The van der Waals surface area contributed by atoms with Crippen LogP contribution in [0.5, 0.6) is 0 Å². The van der Waals surface area contributed by atoms with Gasteiger partial charge in [0.2, 0.25) is 11.7 Å². The zero-order valence-corrected chi connectivity index (χ0v) is 13.3. The second-order valence-electron chi connectivity index (χ2n) is 5.64. The van der Waals surface area contributed by atoms with E-state index in [0.29, 0.717) is 16.1 Å². The van der Waals surface area contributed by atoms with Gasteiger partial charge < -0.3 is 10.3 Å². The Morgan fingerprint density at radius 3 is 2.59 bits per heavy atom. The molecule has 0 amide bonds. The molecule has 4 rings (SSSR count). The third-order valence-electron chi connectivity index (χ3n) is 4.18. The Balaban J connectivity index is 1.74. The number of nitrogens with two attached hydrogens (primary N) is 1. The van der Waals surface area contributed by atoms with Gasteiger partial charge >= 0.3 is 0 Å². The van der Waals surface area contributed by atoms with Crippen LogP contribution in [0.2, 0.25) is 4.34 Å². The molecule has 1 aliphatic carbocycles. The molecule has 2 aromatic heterocycles. The molecule has 22 heavy (non-hydrogen) atoms. The van der Waals surface area contributed by atoms with Gasteiger partial charge in [-0.2, -0.15) is 4.98 Å². The van der Waals surface area contributed by atoms with Gasteiger partial charge in [0.15, 0.2) is 0 Å². The zero-order chi connectivity index (χ0) is 15.2. The first-order chi connectivity index (χ1) is 10.7. The van der Waals surface area contributed by atoms with Crippen LogP contribution < -0.4 is 5.73 Å². The number of hydrogen-bond acceptors (Lipinski definition) is 5. The molecule has 0 radical (unpaired) electrons. The van der Waals surface area contributed by atoms with Crippen LogP contribution in [0.3, 0.4) is 0 Å². The molecule has 0 aliphatic heterocycles. The molecule has 0 atom stereocenters. The standard InChI is InChI=1S/C16H14ClN3OS/c17-13-7-6-12(22-13)14-19-15(21-20-14)16(8-11(18)9-16)10-4-2-1-3-5-10/h1-7,11H,8-9,18H2. The average molecular weight is 332 g/mol. The molecule has 2 N–H and O–H groups in total. The minimum Gasteiger partial charge on any atom is -0.338 e. The maximum atomic E-state index is 6.04. The molecule has 1 aromatic carbocycles. The molecule has 112 valence electrons. The van der Waals surface area contributed by atoms with Gasteiger partial charge in [0.25, 0.3) is 0 Å². The Morgan fingerprint density at radius 2 is 1.95 bits per heavy atom. The highest BCUT2D eigenvalue weighted by Crippen LogP contribution is 2.48. The maximum absolute atomic E-state index is 6.04. The monoisotopic (exact) mass is 331 g/mol. The van der Waals surface area contributed by atoms with Crippen molar-refractivity contribution < 1.29 is 4.52 Å². The average Bonchev–Trinajstić information content (AvgIpc) is 3.13. The van der Waals surface area contributed by atoms with E-state index in [-0.39, 0.29) is 11.5 Å². The highest BCUT2D eigenvalue weighted by Gasteiger charge is 2.49. The van der Waals surface area contributed by atoms with E-state index in [9.17, 15) is 0 Å². The van der Waals surface area contributed by atoms with Crippen molar-refractivity contribution in [2.45, 2.75) is 24.3 Å². The van der Waals surface area contributed by atoms with E-state index in [1.165, 1.54) is 16.9 Å². The number of benzene rings is 1. The summed E-state index contributed by atoms with van der Waals surface area (Å²) < 4.78 is 6.30. The van der Waals surface area contributed by atoms with E-state index in [2.05, 4.69) is 22.3 Å². The predicted molar refractivity (Wildman–Crippen MR) is 87.1 cm³/mol. The molecule has 0 bridgehead atoms. The second kappa shape index (κ2) is 5.19. The number of rotatable bonds is 3. The lowest BCUT2D eigenvalue weighted by Gasteiger charge is -2.43. The van der Waals surface area contributed by atoms with Crippen molar-refractivity contribution in [3.8, 4) is 10.7 Å². The minimum absolute atomic E-state index is 0.173. The van der Waals surface area contributed by atoms with Crippen LogP contribution in [0.4, 0.5) is 0 Å². The van der Waals surface area contributed by atoms with Crippen molar-refractivity contribution in [3.63, 3.8) is 0 Å². The lowest BCUT2D eigenvalue weighted by atomic mass is 9.61. The summed E-state index contributed by atoms with van der Waals surface area (Å²) in [4.78, 5) is 5.53. The molecule has 1 fully saturated rings. The van der Waals surface area contributed by atoms with E-state index < -0.39 is 0 Å². The lowest BCUT2D eigenvalue weighted by molar-refractivity contribution is 0.188.